The highest BCUT2D eigenvalue weighted by molar-refractivity contribution is 5.35. The summed E-state index contributed by atoms with van der Waals surface area (Å²) in [5, 5.41) is 0. The molecule has 3 nitrogen and oxygen atoms in total. The van der Waals surface area contributed by atoms with Crippen molar-refractivity contribution in [3.8, 4) is 5.75 Å². The van der Waals surface area contributed by atoms with E-state index in [1.54, 1.807) is 7.11 Å². The van der Waals surface area contributed by atoms with E-state index >= 15 is 0 Å². The summed E-state index contributed by atoms with van der Waals surface area (Å²) in [5.74, 6) is 1.29. The van der Waals surface area contributed by atoms with Gasteiger partial charge in [0.05, 0.1) is 19.1 Å². The van der Waals surface area contributed by atoms with E-state index in [1.165, 1.54) is 5.56 Å². The highest BCUT2D eigenvalue weighted by Crippen LogP contribution is 2.32. The molecule has 2 atom stereocenters. The Kier molecular flexibility index (Phi) is 8.49. The Bertz CT molecular complexity index is 807. The molecular formula is C27H32O3. The molecule has 30 heavy (non-hydrogen) atoms. The first kappa shape index (κ1) is 22.1. The second kappa shape index (κ2) is 11.5. The van der Waals surface area contributed by atoms with Crippen LogP contribution in [0.15, 0.2) is 84.9 Å². The van der Waals surface area contributed by atoms with Crippen LogP contribution in [0.1, 0.15) is 48.8 Å². The Morgan fingerprint density at radius 1 is 0.700 bits per heavy atom. The Morgan fingerprint density at radius 3 is 1.77 bits per heavy atom. The second-order valence-electron chi connectivity index (χ2n) is 7.53. The molecule has 0 fully saturated rings. The Hall–Kier alpha value is -2.62. The van der Waals surface area contributed by atoms with Crippen LogP contribution in [-0.2, 0) is 9.47 Å². The van der Waals surface area contributed by atoms with Gasteiger partial charge < -0.3 is 14.2 Å². The van der Waals surface area contributed by atoms with E-state index in [9.17, 15) is 0 Å². The number of methoxy groups -OCH3 is 1. The number of benzene rings is 3. The van der Waals surface area contributed by atoms with Crippen molar-refractivity contribution in [2.24, 2.45) is 0 Å². The first-order chi connectivity index (χ1) is 14.7. The molecule has 0 heterocycles. The van der Waals surface area contributed by atoms with Gasteiger partial charge in [0, 0.05) is 7.11 Å². The number of rotatable bonds is 11. The van der Waals surface area contributed by atoms with Gasteiger partial charge in [-0.2, -0.15) is 0 Å². The van der Waals surface area contributed by atoms with Gasteiger partial charge in [0.25, 0.3) is 0 Å². The molecule has 3 rings (SSSR count). The standard InChI is InChI=1S/C27H32O3/c1-4-21(2)22-15-17-25(18-16-22)30-27(29-20-19-28-3)26(23-11-7-5-8-12-23)24-13-9-6-10-14-24/h5-18,21,26-27H,4,19-20H2,1-3H3. The zero-order chi connectivity index (χ0) is 21.2. The van der Waals surface area contributed by atoms with E-state index < -0.39 is 6.29 Å². The minimum absolute atomic E-state index is 0.0569. The van der Waals surface area contributed by atoms with Gasteiger partial charge in [-0.1, -0.05) is 86.6 Å². The summed E-state index contributed by atoms with van der Waals surface area (Å²) < 4.78 is 17.8. The third-order valence-electron chi connectivity index (χ3n) is 5.47. The van der Waals surface area contributed by atoms with Crippen LogP contribution in [-0.4, -0.2) is 26.6 Å². The van der Waals surface area contributed by atoms with Crippen molar-refractivity contribution in [3.63, 3.8) is 0 Å². The summed E-state index contributed by atoms with van der Waals surface area (Å²) in [7, 11) is 1.68. The Balaban J connectivity index is 1.91. The lowest BCUT2D eigenvalue weighted by molar-refractivity contribution is -0.100. The maximum atomic E-state index is 6.42. The fourth-order valence-electron chi connectivity index (χ4n) is 3.52. The average Bonchev–Trinajstić information content (AvgIpc) is 2.80. The predicted molar refractivity (Wildman–Crippen MR) is 122 cm³/mol. The predicted octanol–water partition coefficient (Wildman–Crippen LogP) is 6.40. The van der Waals surface area contributed by atoms with E-state index in [1.807, 2.05) is 24.3 Å². The van der Waals surface area contributed by atoms with Gasteiger partial charge >= 0.3 is 0 Å². The number of ether oxygens (including phenoxy) is 3. The summed E-state index contributed by atoms with van der Waals surface area (Å²) in [6.07, 6.45) is 0.645. The van der Waals surface area contributed by atoms with Crippen molar-refractivity contribution in [2.45, 2.75) is 38.4 Å². The van der Waals surface area contributed by atoms with Gasteiger partial charge in [-0.15, -0.1) is 0 Å². The van der Waals surface area contributed by atoms with E-state index in [0.29, 0.717) is 19.1 Å². The molecule has 158 valence electrons. The molecule has 0 amide bonds. The quantitative estimate of drug-likeness (QED) is 0.273. The number of hydrogen-bond donors (Lipinski definition) is 0. The fourth-order valence-corrected chi connectivity index (χ4v) is 3.52. The third kappa shape index (κ3) is 5.94. The maximum Gasteiger partial charge on any atom is 0.210 e. The van der Waals surface area contributed by atoms with Crippen LogP contribution in [0.4, 0.5) is 0 Å². The van der Waals surface area contributed by atoms with Gasteiger partial charge in [-0.25, -0.2) is 0 Å². The van der Waals surface area contributed by atoms with Gasteiger partial charge in [0.15, 0.2) is 0 Å². The lowest BCUT2D eigenvalue weighted by atomic mass is 9.90. The average molecular weight is 405 g/mol. The summed E-state index contributed by atoms with van der Waals surface area (Å²) >= 11 is 0. The van der Waals surface area contributed by atoms with Crippen LogP contribution in [0.25, 0.3) is 0 Å². The first-order valence-corrected chi connectivity index (χ1v) is 10.7. The molecule has 3 aromatic carbocycles. The summed E-state index contributed by atoms with van der Waals surface area (Å²) in [6, 6.07) is 29.2. The third-order valence-corrected chi connectivity index (χ3v) is 5.47. The van der Waals surface area contributed by atoms with E-state index in [4.69, 9.17) is 14.2 Å². The molecule has 0 saturated carbocycles. The molecule has 0 aliphatic rings. The molecular weight excluding hydrogens is 372 g/mol. The fraction of sp³-hybridized carbons (Fsp3) is 0.333. The molecule has 0 aromatic heterocycles. The molecule has 0 saturated heterocycles. The lowest BCUT2D eigenvalue weighted by Crippen LogP contribution is -2.30. The Morgan fingerprint density at radius 2 is 1.27 bits per heavy atom. The van der Waals surface area contributed by atoms with Crippen LogP contribution in [0, 0.1) is 0 Å². The molecule has 3 heteroatoms. The van der Waals surface area contributed by atoms with Crippen molar-refractivity contribution in [3.05, 3.63) is 102 Å². The van der Waals surface area contributed by atoms with E-state index in [-0.39, 0.29) is 5.92 Å². The second-order valence-corrected chi connectivity index (χ2v) is 7.53. The smallest absolute Gasteiger partial charge is 0.210 e. The van der Waals surface area contributed by atoms with Crippen LogP contribution in [0.2, 0.25) is 0 Å². The molecule has 0 spiro atoms. The molecule has 0 N–H and O–H groups in total. The molecule has 3 aromatic rings. The zero-order valence-electron chi connectivity index (χ0n) is 18.2. The van der Waals surface area contributed by atoms with Crippen LogP contribution < -0.4 is 4.74 Å². The topological polar surface area (TPSA) is 27.7 Å². The van der Waals surface area contributed by atoms with Crippen LogP contribution in [0.3, 0.4) is 0 Å². The van der Waals surface area contributed by atoms with E-state index in [2.05, 4.69) is 74.5 Å². The molecule has 0 bridgehead atoms. The molecule has 2 unspecified atom stereocenters. The van der Waals surface area contributed by atoms with Crippen LogP contribution in [0.5, 0.6) is 5.75 Å². The maximum absolute atomic E-state index is 6.42. The minimum atomic E-state index is -0.473. The van der Waals surface area contributed by atoms with E-state index in [0.717, 1.165) is 23.3 Å². The minimum Gasteiger partial charge on any atom is -0.464 e. The van der Waals surface area contributed by atoms with Crippen molar-refractivity contribution >= 4 is 0 Å². The molecule has 0 aliphatic carbocycles. The monoisotopic (exact) mass is 404 g/mol. The van der Waals surface area contributed by atoms with Crippen molar-refractivity contribution in [1.82, 2.24) is 0 Å². The highest BCUT2D eigenvalue weighted by Gasteiger charge is 2.27. The van der Waals surface area contributed by atoms with Crippen molar-refractivity contribution in [2.75, 3.05) is 20.3 Å². The van der Waals surface area contributed by atoms with Crippen molar-refractivity contribution in [1.29, 1.82) is 0 Å². The van der Waals surface area contributed by atoms with Crippen LogP contribution >= 0.6 is 0 Å². The summed E-state index contributed by atoms with van der Waals surface area (Å²) in [4.78, 5) is 0. The SMILES string of the molecule is CCC(C)c1ccc(OC(OCCOC)C(c2ccccc2)c2ccccc2)cc1. The van der Waals surface area contributed by atoms with Gasteiger partial charge in [-0.3, -0.25) is 0 Å². The summed E-state index contributed by atoms with van der Waals surface area (Å²) in [5.41, 5.74) is 3.63. The van der Waals surface area contributed by atoms with Crippen molar-refractivity contribution < 1.29 is 14.2 Å². The summed E-state index contributed by atoms with van der Waals surface area (Å²) in [6.45, 7) is 5.43. The highest BCUT2D eigenvalue weighted by atomic mass is 16.7. The largest absolute Gasteiger partial charge is 0.464 e. The first-order valence-electron chi connectivity index (χ1n) is 10.7. The normalized spacial score (nSPS) is 13.2. The number of hydrogen-bond acceptors (Lipinski definition) is 3. The van der Waals surface area contributed by atoms with Gasteiger partial charge in [-0.05, 0) is 41.2 Å². The van der Waals surface area contributed by atoms with Gasteiger partial charge in [0.2, 0.25) is 6.29 Å². The van der Waals surface area contributed by atoms with Gasteiger partial charge in [0.1, 0.15) is 5.75 Å². The lowest BCUT2D eigenvalue weighted by Gasteiger charge is -2.29. The molecule has 0 aliphatic heterocycles. The molecule has 0 radical (unpaired) electrons. The zero-order valence-corrected chi connectivity index (χ0v) is 18.2. The Labute approximate surface area is 180 Å².